The normalized spacial score (nSPS) is 22.0. The van der Waals surface area contributed by atoms with E-state index in [1.807, 2.05) is 45.0 Å². The van der Waals surface area contributed by atoms with E-state index in [9.17, 15) is 14.7 Å². The van der Waals surface area contributed by atoms with Gasteiger partial charge >= 0.3 is 5.97 Å². The Hall–Kier alpha value is -2.10. The average Bonchev–Trinajstić information content (AvgIpc) is 2.43. The van der Waals surface area contributed by atoms with Crippen LogP contribution in [0.5, 0.6) is 0 Å². The number of anilines is 1. The van der Waals surface area contributed by atoms with Gasteiger partial charge in [0.2, 0.25) is 5.91 Å². The molecule has 1 aromatic rings. The number of allylic oxidation sites excluding steroid dienone is 2. The van der Waals surface area contributed by atoms with Gasteiger partial charge in [-0.25, -0.2) is 0 Å². The molecule has 0 aliphatic heterocycles. The summed E-state index contributed by atoms with van der Waals surface area (Å²) in [5.74, 6) is -2.25. The van der Waals surface area contributed by atoms with E-state index in [4.69, 9.17) is 0 Å². The molecule has 21 heavy (non-hydrogen) atoms. The SMILES string of the molecule is CC1=C(C)C[C@@H](C(=O)Nc2ccccc2C)[C@@H](C(=O)O)C1. The maximum absolute atomic E-state index is 12.5. The van der Waals surface area contributed by atoms with Gasteiger partial charge in [-0.2, -0.15) is 0 Å². The molecule has 1 aromatic carbocycles. The van der Waals surface area contributed by atoms with Crippen LogP contribution in [0.15, 0.2) is 35.4 Å². The molecule has 0 radical (unpaired) electrons. The number of hydrogen-bond donors (Lipinski definition) is 2. The molecule has 2 atom stereocenters. The van der Waals surface area contributed by atoms with Gasteiger partial charge < -0.3 is 10.4 Å². The van der Waals surface area contributed by atoms with Crippen molar-refractivity contribution in [1.29, 1.82) is 0 Å². The monoisotopic (exact) mass is 287 g/mol. The van der Waals surface area contributed by atoms with Crippen molar-refractivity contribution >= 4 is 17.6 Å². The molecule has 0 fully saturated rings. The maximum Gasteiger partial charge on any atom is 0.307 e. The lowest BCUT2D eigenvalue weighted by atomic mass is 9.76. The molecular formula is C17H21NO3. The van der Waals surface area contributed by atoms with Crippen LogP contribution in [-0.2, 0) is 9.59 Å². The van der Waals surface area contributed by atoms with E-state index in [0.717, 1.165) is 22.4 Å². The molecule has 1 aliphatic rings. The largest absolute Gasteiger partial charge is 0.481 e. The molecule has 1 aliphatic carbocycles. The van der Waals surface area contributed by atoms with Gasteiger partial charge in [0.1, 0.15) is 0 Å². The number of rotatable bonds is 3. The Kier molecular flexibility index (Phi) is 4.46. The molecule has 4 heteroatoms. The van der Waals surface area contributed by atoms with Crippen LogP contribution in [0, 0.1) is 18.8 Å². The van der Waals surface area contributed by atoms with Crippen molar-refractivity contribution in [3.8, 4) is 0 Å². The minimum atomic E-state index is -0.896. The average molecular weight is 287 g/mol. The van der Waals surface area contributed by atoms with Crippen molar-refractivity contribution in [2.45, 2.75) is 33.6 Å². The third kappa shape index (κ3) is 3.32. The molecule has 2 N–H and O–H groups in total. The molecule has 0 bridgehead atoms. The van der Waals surface area contributed by atoms with Gasteiger partial charge in [0.25, 0.3) is 0 Å². The first-order chi connectivity index (χ1) is 9.90. The summed E-state index contributed by atoms with van der Waals surface area (Å²) in [5, 5.41) is 12.3. The van der Waals surface area contributed by atoms with Crippen molar-refractivity contribution in [2.75, 3.05) is 5.32 Å². The van der Waals surface area contributed by atoms with Crippen LogP contribution in [0.25, 0.3) is 0 Å². The highest BCUT2D eigenvalue weighted by Crippen LogP contribution is 2.35. The number of carbonyl (C=O) groups is 2. The number of carbonyl (C=O) groups excluding carboxylic acids is 1. The predicted octanol–water partition coefficient (Wildman–Crippen LogP) is 3.38. The first kappa shape index (κ1) is 15.3. The molecule has 2 rings (SSSR count). The second kappa shape index (κ2) is 6.12. The number of carboxylic acid groups (broad SMARTS) is 1. The zero-order valence-corrected chi connectivity index (χ0v) is 12.6. The second-order valence-corrected chi connectivity index (χ2v) is 5.82. The number of aliphatic carboxylic acids is 1. The quantitative estimate of drug-likeness (QED) is 0.837. The van der Waals surface area contributed by atoms with Gasteiger partial charge in [-0.05, 0) is 45.2 Å². The molecule has 0 heterocycles. The topological polar surface area (TPSA) is 66.4 Å². The first-order valence-corrected chi connectivity index (χ1v) is 7.14. The van der Waals surface area contributed by atoms with Gasteiger partial charge in [-0.3, -0.25) is 9.59 Å². The Morgan fingerprint density at radius 3 is 2.19 bits per heavy atom. The minimum absolute atomic E-state index is 0.205. The molecule has 112 valence electrons. The molecule has 1 amide bonds. The van der Waals surface area contributed by atoms with Crippen LogP contribution in [-0.4, -0.2) is 17.0 Å². The van der Waals surface area contributed by atoms with Crippen molar-refractivity contribution in [1.82, 2.24) is 0 Å². The standard InChI is InChI=1S/C17H21NO3/c1-10-6-4-5-7-15(10)18-16(19)13-8-11(2)12(3)9-14(13)17(20)21/h4-7,13-14H,8-9H2,1-3H3,(H,18,19)(H,20,21)/t13-,14+/m1/s1. The lowest BCUT2D eigenvalue weighted by Gasteiger charge is -2.29. The van der Waals surface area contributed by atoms with E-state index < -0.39 is 17.8 Å². The minimum Gasteiger partial charge on any atom is -0.481 e. The van der Waals surface area contributed by atoms with Crippen LogP contribution in [0.2, 0.25) is 0 Å². The molecule has 4 nitrogen and oxygen atoms in total. The fourth-order valence-electron chi connectivity index (χ4n) is 2.77. The predicted molar refractivity (Wildman–Crippen MR) is 82.0 cm³/mol. The van der Waals surface area contributed by atoms with Crippen molar-refractivity contribution in [3.63, 3.8) is 0 Å². The third-order valence-electron chi connectivity index (χ3n) is 4.32. The summed E-state index contributed by atoms with van der Waals surface area (Å²) in [6, 6.07) is 7.51. The molecule has 0 aromatic heterocycles. The summed E-state index contributed by atoms with van der Waals surface area (Å²) >= 11 is 0. The summed E-state index contributed by atoms with van der Waals surface area (Å²) < 4.78 is 0. The Morgan fingerprint density at radius 2 is 1.62 bits per heavy atom. The van der Waals surface area contributed by atoms with Crippen LogP contribution in [0.1, 0.15) is 32.3 Å². The van der Waals surface area contributed by atoms with Gasteiger partial charge in [-0.1, -0.05) is 29.3 Å². The van der Waals surface area contributed by atoms with Gasteiger partial charge in [0.05, 0.1) is 11.8 Å². The maximum atomic E-state index is 12.5. The zero-order valence-electron chi connectivity index (χ0n) is 12.6. The lowest BCUT2D eigenvalue weighted by molar-refractivity contribution is -0.146. The summed E-state index contributed by atoms with van der Waals surface area (Å²) in [4.78, 5) is 23.9. The number of para-hydroxylation sites is 1. The van der Waals surface area contributed by atoms with E-state index in [0.29, 0.717) is 12.8 Å². The second-order valence-electron chi connectivity index (χ2n) is 5.82. The van der Waals surface area contributed by atoms with Gasteiger partial charge in [-0.15, -0.1) is 0 Å². The lowest BCUT2D eigenvalue weighted by Crippen LogP contribution is -2.36. The number of nitrogens with one attached hydrogen (secondary N) is 1. The fraction of sp³-hybridized carbons (Fsp3) is 0.412. The number of carboxylic acids is 1. The van der Waals surface area contributed by atoms with E-state index in [1.54, 1.807) is 0 Å². The van der Waals surface area contributed by atoms with Gasteiger partial charge in [0.15, 0.2) is 0 Å². The molecule has 0 saturated carbocycles. The molecular weight excluding hydrogens is 266 g/mol. The van der Waals surface area contributed by atoms with E-state index >= 15 is 0 Å². The van der Waals surface area contributed by atoms with Crippen LogP contribution in [0.4, 0.5) is 5.69 Å². The molecule has 0 unspecified atom stereocenters. The Bertz CT molecular complexity index is 604. The molecule has 0 saturated heterocycles. The number of aryl methyl sites for hydroxylation is 1. The highest BCUT2D eigenvalue weighted by molar-refractivity contribution is 5.96. The van der Waals surface area contributed by atoms with Crippen LogP contribution in [0.3, 0.4) is 0 Å². The Balaban J connectivity index is 2.21. The highest BCUT2D eigenvalue weighted by Gasteiger charge is 2.37. The van der Waals surface area contributed by atoms with Crippen LogP contribution >= 0.6 is 0 Å². The Labute approximate surface area is 124 Å². The summed E-state index contributed by atoms with van der Waals surface area (Å²) in [5.41, 5.74) is 3.92. The summed E-state index contributed by atoms with van der Waals surface area (Å²) in [6.45, 7) is 5.84. The van der Waals surface area contributed by atoms with E-state index in [1.165, 1.54) is 0 Å². The highest BCUT2D eigenvalue weighted by atomic mass is 16.4. The fourth-order valence-corrected chi connectivity index (χ4v) is 2.77. The summed E-state index contributed by atoms with van der Waals surface area (Å²) in [6.07, 6.45) is 0.966. The number of benzene rings is 1. The molecule has 0 spiro atoms. The van der Waals surface area contributed by atoms with Crippen molar-refractivity contribution in [2.24, 2.45) is 11.8 Å². The van der Waals surface area contributed by atoms with Crippen molar-refractivity contribution < 1.29 is 14.7 Å². The Morgan fingerprint density at radius 1 is 1.05 bits per heavy atom. The van der Waals surface area contributed by atoms with Gasteiger partial charge in [0, 0.05) is 5.69 Å². The number of amides is 1. The smallest absolute Gasteiger partial charge is 0.307 e. The first-order valence-electron chi connectivity index (χ1n) is 7.14. The van der Waals surface area contributed by atoms with E-state index in [-0.39, 0.29) is 5.91 Å². The zero-order chi connectivity index (χ0) is 15.6. The number of hydrogen-bond acceptors (Lipinski definition) is 2. The third-order valence-corrected chi connectivity index (χ3v) is 4.32. The van der Waals surface area contributed by atoms with Crippen molar-refractivity contribution in [3.05, 3.63) is 41.0 Å². The summed E-state index contributed by atoms with van der Waals surface area (Å²) in [7, 11) is 0. The van der Waals surface area contributed by atoms with Crippen LogP contribution < -0.4 is 5.32 Å². The van der Waals surface area contributed by atoms with E-state index in [2.05, 4.69) is 5.32 Å².